The Bertz CT molecular complexity index is 746. The lowest BCUT2D eigenvalue weighted by Gasteiger charge is -2.31. The number of aliphatic imine (C=N–C) groups is 1. The zero-order valence-electron chi connectivity index (χ0n) is 16.0. The minimum absolute atomic E-state index is 0.0396. The van der Waals surface area contributed by atoms with E-state index in [9.17, 15) is 21.6 Å². The molecular weight excluding hydrogens is 393 g/mol. The lowest BCUT2D eigenvalue weighted by atomic mass is 9.98. The molecule has 1 aliphatic rings. The number of nitrogens with one attached hydrogen (secondary N) is 2. The van der Waals surface area contributed by atoms with E-state index in [2.05, 4.69) is 15.6 Å². The predicted octanol–water partition coefficient (Wildman–Crippen LogP) is 2.86. The number of benzene rings is 1. The van der Waals surface area contributed by atoms with Crippen molar-refractivity contribution >= 4 is 16.0 Å². The molecule has 2 N–H and O–H groups in total. The second-order valence-corrected chi connectivity index (χ2v) is 8.72. The Balaban J connectivity index is 1.92. The Morgan fingerprint density at radius 2 is 1.86 bits per heavy atom. The first-order valence-electron chi connectivity index (χ1n) is 9.31. The highest BCUT2D eigenvalue weighted by Gasteiger charge is 2.50. The van der Waals surface area contributed by atoms with Gasteiger partial charge in [0.05, 0.1) is 6.04 Å². The highest BCUT2D eigenvalue weighted by Crippen LogP contribution is 2.30. The van der Waals surface area contributed by atoms with Crippen molar-refractivity contribution in [3.05, 3.63) is 35.9 Å². The number of nitrogens with zero attached hydrogens (tertiary/aromatic N) is 2. The summed E-state index contributed by atoms with van der Waals surface area (Å²) in [6.07, 6.45) is 0.707. The van der Waals surface area contributed by atoms with Crippen molar-refractivity contribution in [2.24, 2.45) is 10.9 Å². The Morgan fingerprint density at radius 3 is 2.39 bits per heavy atom. The van der Waals surface area contributed by atoms with Crippen molar-refractivity contribution in [3.63, 3.8) is 0 Å². The maximum atomic E-state index is 12.6. The molecule has 0 bridgehead atoms. The highest BCUT2D eigenvalue weighted by atomic mass is 32.2. The van der Waals surface area contributed by atoms with E-state index in [0.29, 0.717) is 36.2 Å². The lowest BCUT2D eigenvalue weighted by molar-refractivity contribution is -0.0496. The minimum atomic E-state index is -5.24. The molecule has 28 heavy (non-hydrogen) atoms. The maximum absolute atomic E-state index is 12.6. The van der Waals surface area contributed by atoms with Crippen LogP contribution in [0.25, 0.3) is 0 Å². The van der Waals surface area contributed by atoms with Gasteiger partial charge in [-0.2, -0.15) is 17.5 Å². The Morgan fingerprint density at radius 1 is 1.25 bits per heavy atom. The summed E-state index contributed by atoms with van der Waals surface area (Å²) in [5.74, 6) is 0.673. The van der Waals surface area contributed by atoms with Gasteiger partial charge in [0.2, 0.25) is 0 Å². The fourth-order valence-electron chi connectivity index (χ4n) is 3.05. The van der Waals surface area contributed by atoms with Crippen LogP contribution in [0.1, 0.15) is 38.3 Å². The van der Waals surface area contributed by atoms with Crippen molar-refractivity contribution in [3.8, 4) is 0 Å². The van der Waals surface area contributed by atoms with Gasteiger partial charge in [-0.3, -0.25) is 4.99 Å². The summed E-state index contributed by atoms with van der Waals surface area (Å²) in [7, 11) is -5.24. The maximum Gasteiger partial charge on any atom is 0.511 e. The van der Waals surface area contributed by atoms with Crippen molar-refractivity contribution in [2.45, 2.75) is 38.2 Å². The van der Waals surface area contributed by atoms with E-state index >= 15 is 0 Å². The molecule has 2 rings (SSSR count). The quantitative estimate of drug-likeness (QED) is 0.548. The van der Waals surface area contributed by atoms with E-state index in [1.807, 2.05) is 44.2 Å². The van der Waals surface area contributed by atoms with Gasteiger partial charge in [-0.05, 0) is 38.2 Å². The average molecular weight is 421 g/mol. The predicted molar refractivity (Wildman–Crippen MR) is 103 cm³/mol. The molecular formula is C18H27F3N4O2S. The molecule has 1 aliphatic heterocycles. The van der Waals surface area contributed by atoms with Crippen LogP contribution in [0.5, 0.6) is 0 Å². The van der Waals surface area contributed by atoms with Gasteiger partial charge in [-0.25, -0.2) is 8.42 Å². The van der Waals surface area contributed by atoms with Crippen LogP contribution in [-0.2, 0) is 10.0 Å². The van der Waals surface area contributed by atoms with Crippen molar-refractivity contribution in [2.75, 3.05) is 26.2 Å². The third kappa shape index (κ3) is 5.84. The molecule has 1 fully saturated rings. The molecule has 0 aromatic heterocycles. The summed E-state index contributed by atoms with van der Waals surface area (Å²) in [5, 5.41) is 6.47. The first-order chi connectivity index (χ1) is 13.1. The zero-order valence-corrected chi connectivity index (χ0v) is 16.9. The molecule has 1 aromatic rings. The molecule has 158 valence electrons. The van der Waals surface area contributed by atoms with Crippen molar-refractivity contribution < 1.29 is 21.6 Å². The largest absolute Gasteiger partial charge is 0.511 e. The number of piperidine rings is 1. The Hall–Kier alpha value is -1.81. The van der Waals surface area contributed by atoms with Crippen LogP contribution in [0.3, 0.4) is 0 Å². The van der Waals surface area contributed by atoms with Gasteiger partial charge in [-0.1, -0.05) is 30.3 Å². The van der Waals surface area contributed by atoms with Gasteiger partial charge < -0.3 is 10.6 Å². The minimum Gasteiger partial charge on any atom is -0.357 e. The van der Waals surface area contributed by atoms with Gasteiger partial charge in [0, 0.05) is 26.2 Å². The van der Waals surface area contributed by atoms with E-state index in [1.54, 1.807) is 0 Å². The molecule has 0 saturated carbocycles. The summed E-state index contributed by atoms with van der Waals surface area (Å²) in [5.41, 5.74) is -4.13. The monoisotopic (exact) mass is 420 g/mol. The van der Waals surface area contributed by atoms with Gasteiger partial charge in [-0.15, -0.1) is 0 Å². The van der Waals surface area contributed by atoms with Crippen LogP contribution in [0.15, 0.2) is 35.3 Å². The van der Waals surface area contributed by atoms with Crippen molar-refractivity contribution in [1.29, 1.82) is 0 Å². The molecule has 1 heterocycles. The molecule has 1 atom stereocenters. The number of halogens is 3. The standard InChI is InChI=1S/C18H27F3N4O2S/c1-3-22-17(24-14(2)16-7-5-4-6-8-16)23-13-15-9-11-25(12-10-15)28(26,27)18(19,20)21/h4-8,14-15H,3,9-13H2,1-2H3,(H2,22,23,24). The van der Waals surface area contributed by atoms with Crippen LogP contribution in [0.4, 0.5) is 13.2 Å². The summed E-state index contributed by atoms with van der Waals surface area (Å²) >= 11 is 0. The Labute approximate surface area is 164 Å². The van der Waals surface area contributed by atoms with Crippen LogP contribution in [-0.4, -0.2) is 50.4 Å². The highest BCUT2D eigenvalue weighted by molar-refractivity contribution is 7.90. The molecule has 10 heteroatoms. The van der Waals surface area contributed by atoms with E-state index in [4.69, 9.17) is 0 Å². The third-order valence-electron chi connectivity index (χ3n) is 4.71. The molecule has 1 aromatic carbocycles. The molecule has 0 radical (unpaired) electrons. The SMILES string of the molecule is CCNC(=NCC1CCN(S(=O)(=O)C(F)(F)F)CC1)NC(C)c1ccccc1. The molecule has 1 unspecified atom stereocenters. The van der Waals surface area contributed by atoms with Crippen LogP contribution in [0.2, 0.25) is 0 Å². The van der Waals surface area contributed by atoms with E-state index in [0.717, 1.165) is 5.56 Å². The normalized spacial score (nSPS) is 18.7. The average Bonchev–Trinajstić information content (AvgIpc) is 2.66. The second kappa shape index (κ2) is 9.60. The molecule has 0 amide bonds. The van der Waals surface area contributed by atoms with Crippen LogP contribution in [0, 0.1) is 5.92 Å². The Kier molecular flexibility index (Phi) is 7.70. The van der Waals surface area contributed by atoms with Gasteiger partial charge >= 0.3 is 15.5 Å². The summed E-state index contributed by atoms with van der Waals surface area (Å²) in [4.78, 5) is 4.54. The number of rotatable bonds is 6. The summed E-state index contributed by atoms with van der Waals surface area (Å²) < 4.78 is 61.4. The van der Waals surface area contributed by atoms with Gasteiger partial charge in [0.25, 0.3) is 0 Å². The molecule has 0 aliphatic carbocycles. The third-order valence-corrected chi connectivity index (χ3v) is 6.34. The topological polar surface area (TPSA) is 73.8 Å². The summed E-state index contributed by atoms with van der Waals surface area (Å²) in [6, 6.07) is 9.93. The van der Waals surface area contributed by atoms with Crippen molar-refractivity contribution in [1.82, 2.24) is 14.9 Å². The van der Waals surface area contributed by atoms with E-state index in [-0.39, 0.29) is 25.0 Å². The lowest BCUT2D eigenvalue weighted by Crippen LogP contribution is -2.45. The first kappa shape index (κ1) is 22.5. The number of alkyl halides is 3. The van der Waals surface area contributed by atoms with Crippen LogP contribution >= 0.6 is 0 Å². The summed E-state index contributed by atoms with van der Waals surface area (Å²) in [6.45, 7) is 4.80. The van der Waals surface area contributed by atoms with Gasteiger partial charge in [0.15, 0.2) is 5.96 Å². The number of hydrogen-bond acceptors (Lipinski definition) is 3. The molecule has 1 saturated heterocycles. The molecule has 0 spiro atoms. The smallest absolute Gasteiger partial charge is 0.357 e. The number of hydrogen-bond donors (Lipinski definition) is 2. The first-order valence-corrected chi connectivity index (χ1v) is 10.8. The number of sulfonamides is 1. The molecule has 6 nitrogen and oxygen atoms in total. The van der Waals surface area contributed by atoms with Crippen LogP contribution < -0.4 is 10.6 Å². The fraction of sp³-hybridized carbons (Fsp3) is 0.611. The van der Waals surface area contributed by atoms with E-state index in [1.165, 1.54) is 0 Å². The van der Waals surface area contributed by atoms with Gasteiger partial charge in [0.1, 0.15) is 0 Å². The second-order valence-electron chi connectivity index (χ2n) is 6.79. The van der Waals surface area contributed by atoms with E-state index < -0.39 is 15.5 Å². The fourth-order valence-corrected chi connectivity index (χ4v) is 4.03. The number of guanidine groups is 1. The zero-order chi connectivity index (χ0) is 20.8.